The Balaban J connectivity index is 2.03. The number of hydrogen-bond acceptors (Lipinski definition) is 4. The number of carbonyl (C=O) groups excluding carboxylic acids is 1. The van der Waals surface area contributed by atoms with Crippen molar-refractivity contribution in [1.29, 1.82) is 0 Å². The van der Waals surface area contributed by atoms with Crippen LogP contribution in [0.25, 0.3) is 0 Å². The molecule has 84 valence electrons. The normalized spacial score (nSPS) is 10.2. The van der Waals surface area contributed by atoms with Gasteiger partial charge in [-0.3, -0.25) is 0 Å². The zero-order valence-electron chi connectivity index (χ0n) is 8.75. The maximum absolute atomic E-state index is 10.3. The fraction of sp³-hybridized carbons (Fsp3) is 0.556. The lowest BCUT2D eigenvalue weighted by molar-refractivity contribution is 0.249. The van der Waals surface area contributed by atoms with Gasteiger partial charge in [0.05, 0.1) is 11.2 Å². The van der Waals surface area contributed by atoms with E-state index in [1.165, 1.54) is 4.88 Å². The topological polar surface area (TPSA) is 80.0 Å². The Labute approximate surface area is 93.1 Å². The van der Waals surface area contributed by atoms with Crippen LogP contribution in [-0.2, 0) is 6.42 Å². The molecule has 2 amide bonds. The summed E-state index contributed by atoms with van der Waals surface area (Å²) in [4.78, 5) is 15.8. The molecule has 0 atom stereocenters. The zero-order chi connectivity index (χ0) is 11.1. The highest BCUT2D eigenvalue weighted by atomic mass is 32.1. The highest BCUT2D eigenvalue weighted by molar-refractivity contribution is 7.09. The molecule has 6 heteroatoms. The average molecular weight is 228 g/mol. The van der Waals surface area contributed by atoms with Crippen LogP contribution < -0.4 is 16.4 Å². The van der Waals surface area contributed by atoms with Crippen molar-refractivity contribution in [1.82, 2.24) is 15.6 Å². The summed E-state index contributed by atoms with van der Waals surface area (Å²) in [6.45, 7) is 4.21. The molecule has 0 saturated heterocycles. The highest BCUT2D eigenvalue weighted by Crippen LogP contribution is 2.11. The number of thiazole rings is 1. The molecule has 0 bridgehead atoms. The van der Waals surface area contributed by atoms with Crippen molar-refractivity contribution >= 4 is 17.4 Å². The summed E-state index contributed by atoms with van der Waals surface area (Å²) in [5.74, 6) is 0. The van der Waals surface area contributed by atoms with Crippen LogP contribution >= 0.6 is 11.3 Å². The van der Waals surface area contributed by atoms with E-state index in [2.05, 4.69) is 15.6 Å². The lowest BCUT2D eigenvalue weighted by Crippen LogP contribution is -2.35. The number of amides is 2. The standard InChI is InChI=1S/C9H16N4OS/c1-7-8(15-6-13-7)2-3-11-4-5-12-9(10)14/h6,11H,2-5H2,1H3,(H3,10,12,14). The number of urea groups is 1. The zero-order valence-corrected chi connectivity index (χ0v) is 9.56. The second-order valence-corrected chi connectivity index (χ2v) is 4.09. The Kier molecular flexibility index (Phi) is 5.06. The fourth-order valence-electron chi connectivity index (χ4n) is 1.17. The molecule has 0 fully saturated rings. The summed E-state index contributed by atoms with van der Waals surface area (Å²) >= 11 is 1.68. The van der Waals surface area contributed by atoms with Gasteiger partial charge < -0.3 is 16.4 Å². The van der Waals surface area contributed by atoms with E-state index in [0.29, 0.717) is 6.54 Å². The maximum atomic E-state index is 10.3. The molecule has 15 heavy (non-hydrogen) atoms. The fourth-order valence-corrected chi connectivity index (χ4v) is 1.95. The van der Waals surface area contributed by atoms with Crippen molar-refractivity contribution in [2.75, 3.05) is 19.6 Å². The third-order valence-electron chi connectivity index (χ3n) is 1.97. The average Bonchev–Trinajstić information content (AvgIpc) is 2.57. The van der Waals surface area contributed by atoms with Gasteiger partial charge in [0.2, 0.25) is 0 Å². The van der Waals surface area contributed by atoms with Crippen molar-refractivity contribution in [3.63, 3.8) is 0 Å². The lowest BCUT2D eigenvalue weighted by atomic mass is 10.3. The number of rotatable bonds is 6. The number of nitrogens with zero attached hydrogens (tertiary/aromatic N) is 1. The molecule has 0 aromatic carbocycles. The number of aryl methyl sites for hydroxylation is 1. The Morgan fingerprint density at radius 2 is 2.33 bits per heavy atom. The van der Waals surface area contributed by atoms with E-state index in [0.717, 1.165) is 25.2 Å². The van der Waals surface area contributed by atoms with E-state index < -0.39 is 6.03 Å². The van der Waals surface area contributed by atoms with Gasteiger partial charge in [0.25, 0.3) is 0 Å². The number of nitrogens with two attached hydrogens (primary N) is 1. The van der Waals surface area contributed by atoms with Crippen molar-refractivity contribution in [3.05, 3.63) is 16.1 Å². The monoisotopic (exact) mass is 228 g/mol. The van der Waals surface area contributed by atoms with Gasteiger partial charge >= 0.3 is 6.03 Å². The molecule has 1 aromatic rings. The summed E-state index contributed by atoms with van der Waals surface area (Å²) in [6, 6.07) is -0.477. The molecule has 0 saturated carbocycles. The van der Waals surface area contributed by atoms with Crippen LogP contribution in [0.5, 0.6) is 0 Å². The Bertz CT molecular complexity index is 313. The molecular formula is C9H16N4OS. The molecule has 1 rings (SSSR count). The first-order chi connectivity index (χ1) is 7.20. The maximum Gasteiger partial charge on any atom is 0.312 e. The number of primary amides is 1. The Hall–Kier alpha value is -1.14. The van der Waals surface area contributed by atoms with E-state index in [1.54, 1.807) is 11.3 Å². The van der Waals surface area contributed by atoms with Gasteiger partial charge in [-0.25, -0.2) is 9.78 Å². The van der Waals surface area contributed by atoms with E-state index in [4.69, 9.17) is 5.73 Å². The molecule has 0 aliphatic carbocycles. The van der Waals surface area contributed by atoms with Crippen molar-refractivity contribution < 1.29 is 4.79 Å². The van der Waals surface area contributed by atoms with Crippen LogP contribution in [0.15, 0.2) is 5.51 Å². The summed E-state index contributed by atoms with van der Waals surface area (Å²) in [7, 11) is 0. The SMILES string of the molecule is Cc1ncsc1CCNCCNC(N)=O. The van der Waals surface area contributed by atoms with Crippen molar-refractivity contribution in [2.24, 2.45) is 5.73 Å². The highest BCUT2D eigenvalue weighted by Gasteiger charge is 1.99. The van der Waals surface area contributed by atoms with E-state index in [-0.39, 0.29) is 0 Å². The molecule has 0 radical (unpaired) electrons. The summed E-state index contributed by atoms with van der Waals surface area (Å²) in [5.41, 5.74) is 7.89. The smallest absolute Gasteiger partial charge is 0.312 e. The molecule has 0 aliphatic rings. The second kappa shape index (κ2) is 6.36. The molecule has 1 heterocycles. The Morgan fingerprint density at radius 3 is 2.93 bits per heavy atom. The number of aromatic nitrogens is 1. The Morgan fingerprint density at radius 1 is 1.53 bits per heavy atom. The van der Waals surface area contributed by atoms with Gasteiger partial charge in [-0.15, -0.1) is 11.3 Å². The van der Waals surface area contributed by atoms with E-state index in [1.807, 2.05) is 12.4 Å². The van der Waals surface area contributed by atoms with Gasteiger partial charge in [-0.05, 0) is 13.3 Å². The van der Waals surface area contributed by atoms with Crippen LogP contribution in [-0.4, -0.2) is 30.6 Å². The summed E-state index contributed by atoms with van der Waals surface area (Å²) in [5, 5.41) is 5.73. The summed E-state index contributed by atoms with van der Waals surface area (Å²) < 4.78 is 0. The van der Waals surface area contributed by atoms with E-state index >= 15 is 0 Å². The van der Waals surface area contributed by atoms with Gasteiger partial charge in [0.1, 0.15) is 0 Å². The third-order valence-corrected chi connectivity index (χ3v) is 2.97. The first-order valence-electron chi connectivity index (χ1n) is 4.83. The van der Waals surface area contributed by atoms with Gasteiger partial charge in [-0.2, -0.15) is 0 Å². The predicted octanol–water partition coefficient (Wildman–Crippen LogP) is 0.252. The van der Waals surface area contributed by atoms with Crippen LogP contribution in [0.3, 0.4) is 0 Å². The van der Waals surface area contributed by atoms with E-state index in [9.17, 15) is 4.79 Å². The third kappa shape index (κ3) is 4.75. The quantitative estimate of drug-likeness (QED) is 0.611. The van der Waals surface area contributed by atoms with Crippen LogP contribution in [0.1, 0.15) is 10.6 Å². The molecule has 4 N–H and O–H groups in total. The minimum Gasteiger partial charge on any atom is -0.352 e. The van der Waals surface area contributed by atoms with Gasteiger partial charge in [0.15, 0.2) is 0 Å². The number of carbonyl (C=O) groups is 1. The second-order valence-electron chi connectivity index (χ2n) is 3.15. The van der Waals surface area contributed by atoms with Crippen LogP contribution in [0, 0.1) is 6.92 Å². The first kappa shape index (κ1) is 11.9. The molecule has 1 aromatic heterocycles. The van der Waals surface area contributed by atoms with Crippen molar-refractivity contribution in [2.45, 2.75) is 13.3 Å². The lowest BCUT2D eigenvalue weighted by Gasteiger charge is -2.04. The molecule has 0 aliphatic heterocycles. The minimum absolute atomic E-state index is 0.477. The predicted molar refractivity (Wildman–Crippen MR) is 61.0 cm³/mol. The van der Waals surface area contributed by atoms with Crippen LogP contribution in [0.4, 0.5) is 4.79 Å². The van der Waals surface area contributed by atoms with Gasteiger partial charge in [0, 0.05) is 24.5 Å². The van der Waals surface area contributed by atoms with Crippen LogP contribution in [0.2, 0.25) is 0 Å². The van der Waals surface area contributed by atoms with Crippen molar-refractivity contribution in [3.8, 4) is 0 Å². The minimum atomic E-state index is -0.477. The molecule has 0 spiro atoms. The first-order valence-corrected chi connectivity index (χ1v) is 5.71. The number of nitrogens with one attached hydrogen (secondary N) is 2. The summed E-state index contributed by atoms with van der Waals surface area (Å²) in [6.07, 6.45) is 0.979. The molecule has 0 unspecified atom stereocenters. The molecular weight excluding hydrogens is 212 g/mol. The number of hydrogen-bond donors (Lipinski definition) is 3. The largest absolute Gasteiger partial charge is 0.352 e. The molecule has 5 nitrogen and oxygen atoms in total. The van der Waals surface area contributed by atoms with Gasteiger partial charge in [-0.1, -0.05) is 0 Å².